The Morgan fingerprint density at radius 3 is 2.54 bits per heavy atom. The van der Waals surface area contributed by atoms with Gasteiger partial charge in [0.1, 0.15) is 22.0 Å². The second-order valence-corrected chi connectivity index (χ2v) is 8.52. The molecule has 1 aromatic heterocycles. The summed E-state index contributed by atoms with van der Waals surface area (Å²) in [6, 6.07) is 9.15. The van der Waals surface area contributed by atoms with E-state index in [1.807, 2.05) is 32.0 Å². The fourth-order valence-electron chi connectivity index (χ4n) is 3.13. The quantitative estimate of drug-likeness (QED) is 0.483. The number of fused-ring (bicyclic) bond motifs is 1. The molecule has 1 atom stereocenters. The van der Waals surface area contributed by atoms with Crippen molar-refractivity contribution in [1.29, 1.82) is 0 Å². The molecule has 3 aromatic rings. The molecule has 0 spiro atoms. The van der Waals surface area contributed by atoms with Crippen LogP contribution in [-0.4, -0.2) is 26.7 Å². The molecule has 2 aromatic carbocycles. The summed E-state index contributed by atoms with van der Waals surface area (Å²) in [6.07, 6.45) is 0.944. The van der Waals surface area contributed by atoms with E-state index >= 15 is 0 Å². The van der Waals surface area contributed by atoms with E-state index in [9.17, 15) is 18.5 Å². The Labute approximate surface area is 162 Å². The van der Waals surface area contributed by atoms with Crippen LogP contribution < -0.4 is 10.1 Å². The van der Waals surface area contributed by atoms with Crippen LogP contribution in [0.3, 0.4) is 0 Å². The second-order valence-electron chi connectivity index (χ2n) is 6.53. The Balaban J connectivity index is 1.97. The van der Waals surface area contributed by atoms with E-state index in [1.54, 1.807) is 7.11 Å². The molecule has 0 aliphatic rings. The molecule has 0 bridgehead atoms. The van der Waals surface area contributed by atoms with Crippen LogP contribution in [0.2, 0.25) is 0 Å². The summed E-state index contributed by atoms with van der Waals surface area (Å²) in [6.45, 7) is 3.79. The van der Waals surface area contributed by atoms with Crippen molar-refractivity contribution in [3.05, 3.63) is 57.8 Å². The predicted molar refractivity (Wildman–Crippen MR) is 106 cm³/mol. The SMILES string of the molecule is COc1ccc2oc(C(C)Nc3ccc([N+](=O)[O-])c(S(C)(=O)=O)c3)c(C)c2c1. The number of furan rings is 1. The molecule has 0 aliphatic heterocycles. The lowest BCUT2D eigenvalue weighted by atomic mass is 10.1. The average Bonchev–Trinajstić information content (AvgIpc) is 2.97. The second kappa shape index (κ2) is 7.16. The van der Waals surface area contributed by atoms with Gasteiger partial charge in [-0.15, -0.1) is 0 Å². The van der Waals surface area contributed by atoms with Crippen molar-refractivity contribution >= 4 is 32.2 Å². The van der Waals surface area contributed by atoms with Gasteiger partial charge in [0.2, 0.25) is 0 Å². The first-order chi connectivity index (χ1) is 13.1. The van der Waals surface area contributed by atoms with Gasteiger partial charge in [0.25, 0.3) is 5.69 Å². The molecule has 1 unspecified atom stereocenters. The van der Waals surface area contributed by atoms with Gasteiger partial charge in [-0.3, -0.25) is 10.1 Å². The summed E-state index contributed by atoms with van der Waals surface area (Å²) in [5.41, 5.74) is 1.63. The number of nitrogens with one attached hydrogen (secondary N) is 1. The van der Waals surface area contributed by atoms with Gasteiger partial charge in [-0.2, -0.15) is 0 Å². The van der Waals surface area contributed by atoms with E-state index in [-0.39, 0.29) is 10.9 Å². The average molecular weight is 404 g/mol. The summed E-state index contributed by atoms with van der Waals surface area (Å²) in [4.78, 5) is 10.1. The Bertz CT molecular complexity index is 1170. The van der Waals surface area contributed by atoms with Crippen molar-refractivity contribution in [2.75, 3.05) is 18.7 Å². The number of nitro groups is 1. The zero-order valence-electron chi connectivity index (χ0n) is 15.8. The predicted octanol–water partition coefficient (Wildman–Crippen LogP) is 4.23. The summed E-state index contributed by atoms with van der Waals surface area (Å²) in [5, 5.41) is 15.2. The highest BCUT2D eigenvalue weighted by Crippen LogP contribution is 2.34. The first-order valence-corrected chi connectivity index (χ1v) is 10.3. The first-order valence-electron chi connectivity index (χ1n) is 8.44. The molecular formula is C19H20N2O6S. The van der Waals surface area contributed by atoms with Crippen LogP contribution >= 0.6 is 0 Å². The van der Waals surface area contributed by atoms with Gasteiger partial charge in [0, 0.05) is 29.0 Å². The monoisotopic (exact) mass is 404 g/mol. The standard InChI is InChI=1S/C19H20N2O6S/c1-11-15-10-14(26-3)6-8-17(15)27-19(11)12(2)20-13-5-7-16(21(22)23)18(9-13)28(4,24)25/h5-10,12,20H,1-4H3. The van der Waals surface area contributed by atoms with Crippen molar-refractivity contribution in [2.45, 2.75) is 24.8 Å². The van der Waals surface area contributed by atoms with E-state index in [4.69, 9.17) is 9.15 Å². The largest absolute Gasteiger partial charge is 0.497 e. The molecule has 0 aliphatic carbocycles. The molecule has 3 rings (SSSR count). The number of nitro benzene ring substituents is 1. The molecule has 148 valence electrons. The summed E-state index contributed by atoms with van der Waals surface area (Å²) < 4.78 is 35.1. The highest BCUT2D eigenvalue weighted by Gasteiger charge is 2.24. The number of rotatable bonds is 6. The zero-order chi connectivity index (χ0) is 20.6. The smallest absolute Gasteiger partial charge is 0.288 e. The molecular weight excluding hydrogens is 384 g/mol. The minimum atomic E-state index is -3.76. The number of methoxy groups -OCH3 is 1. The third-order valence-electron chi connectivity index (χ3n) is 4.51. The molecule has 1 heterocycles. The van der Waals surface area contributed by atoms with E-state index in [0.29, 0.717) is 17.0 Å². The van der Waals surface area contributed by atoms with Crippen LogP contribution in [0, 0.1) is 17.0 Å². The summed E-state index contributed by atoms with van der Waals surface area (Å²) in [7, 11) is -2.16. The fraction of sp³-hybridized carbons (Fsp3) is 0.263. The molecule has 9 heteroatoms. The number of anilines is 1. The van der Waals surface area contributed by atoms with Crippen LogP contribution in [0.25, 0.3) is 11.0 Å². The number of aryl methyl sites for hydroxylation is 1. The molecule has 0 fully saturated rings. The lowest BCUT2D eigenvalue weighted by molar-refractivity contribution is -0.387. The van der Waals surface area contributed by atoms with Gasteiger partial charge in [-0.25, -0.2) is 8.42 Å². The van der Waals surface area contributed by atoms with E-state index in [1.165, 1.54) is 18.2 Å². The van der Waals surface area contributed by atoms with Crippen molar-refractivity contribution < 1.29 is 22.5 Å². The summed E-state index contributed by atoms with van der Waals surface area (Å²) >= 11 is 0. The van der Waals surface area contributed by atoms with Gasteiger partial charge in [0.15, 0.2) is 9.84 Å². The molecule has 0 radical (unpaired) electrons. The third-order valence-corrected chi connectivity index (χ3v) is 5.64. The first kappa shape index (κ1) is 19.7. The molecule has 0 amide bonds. The summed E-state index contributed by atoms with van der Waals surface area (Å²) in [5.74, 6) is 1.40. The topological polar surface area (TPSA) is 112 Å². The van der Waals surface area contributed by atoms with Crippen LogP contribution in [0.1, 0.15) is 24.3 Å². The zero-order valence-corrected chi connectivity index (χ0v) is 16.7. The van der Waals surface area contributed by atoms with Gasteiger partial charge in [-0.05, 0) is 44.2 Å². The lowest BCUT2D eigenvalue weighted by Gasteiger charge is -2.15. The number of benzene rings is 2. The van der Waals surface area contributed by atoms with Crippen LogP contribution in [0.5, 0.6) is 5.75 Å². The fourth-order valence-corrected chi connectivity index (χ4v) is 3.99. The molecule has 8 nitrogen and oxygen atoms in total. The normalized spacial score (nSPS) is 12.7. The van der Waals surface area contributed by atoms with E-state index in [0.717, 1.165) is 23.0 Å². The molecule has 1 N–H and O–H groups in total. The lowest BCUT2D eigenvalue weighted by Crippen LogP contribution is -2.09. The van der Waals surface area contributed by atoms with Gasteiger partial charge in [0.05, 0.1) is 18.1 Å². The number of hydrogen-bond donors (Lipinski definition) is 1. The molecule has 0 saturated heterocycles. The maximum Gasteiger partial charge on any atom is 0.288 e. The number of sulfone groups is 1. The van der Waals surface area contributed by atoms with Gasteiger partial charge < -0.3 is 14.5 Å². The van der Waals surface area contributed by atoms with Crippen molar-refractivity contribution in [2.24, 2.45) is 0 Å². The van der Waals surface area contributed by atoms with Crippen molar-refractivity contribution in [3.63, 3.8) is 0 Å². The Morgan fingerprint density at radius 2 is 1.93 bits per heavy atom. The number of ether oxygens (including phenoxy) is 1. The Hall–Kier alpha value is -3.07. The number of nitrogens with zero attached hydrogens (tertiary/aromatic N) is 1. The Morgan fingerprint density at radius 1 is 1.21 bits per heavy atom. The minimum absolute atomic E-state index is 0.299. The Kier molecular flexibility index (Phi) is 5.03. The van der Waals surface area contributed by atoms with Gasteiger partial charge in [-0.1, -0.05) is 0 Å². The highest BCUT2D eigenvalue weighted by molar-refractivity contribution is 7.90. The molecule has 0 saturated carbocycles. The third kappa shape index (κ3) is 3.65. The van der Waals surface area contributed by atoms with E-state index < -0.39 is 20.4 Å². The van der Waals surface area contributed by atoms with Crippen LogP contribution in [-0.2, 0) is 9.84 Å². The van der Waals surface area contributed by atoms with Crippen molar-refractivity contribution in [1.82, 2.24) is 0 Å². The maximum absolute atomic E-state index is 11.9. The van der Waals surface area contributed by atoms with Gasteiger partial charge >= 0.3 is 0 Å². The molecule has 28 heavy (non-hydrogen) atoms. The van der Waals surface area contributed by atoms with E-state index in [2.05, 4.69) is 5.32 Å². The van der Waals surface area contributed by atoms with Crippen LogP contribution in [0.4, 0.5) is 11.4 Å². The minimum Gasteiger partial charge on any atom is -0.497 e. The number of hydrogen-bond acceptors (Lipinski definition) is 7. The van der Waals surface area contributed by atoms with Crippen LogP contribution in [0.15, 0.2) is 45.7 Å². The highest BCUT2D eigenvalue weighted by atomic mass is 32.2. The maximum atomic E-state index is 11.9. The van der Waals surface area contributed by atoms with Crippen molar-refractivity contribution in [3.8, 4) is 5.75 Å².